The maximum Gasteiger partial charge on any atom is 0.181 e. The minimum atomic E-state index is 0.624. The van der Waals surface area contributed by atoms with Crippen LogP contribution in [0.3, 0.4) is 0 Å². The first-order chi connectivity index (χ1) is 9.60. The SMILES string of the molecule is CN(Cc1ccc2nc(N)sc2c1)Cc1ccc(Cl)s1. The minimum absolute atomic E-state index is 0.624. The van der Waals surface area contributed by atoms with Gasteiger partial charge in [0.2, 0.25) is 0 Å². The van der Waals surface area contributed by atoms with Gasteiger partial charge in [-0.3, -0.25) is 4.90 Å². The maximum absolute atomic E-state index is 5.95. The molecule has 0 fully saturated rings. The molecule has 0 amide bonds. The van der Waals surface area contributed by atoms with Crippen LogP contribution in [-0.4, -0.2) is 16.9 Å². The highest BCUT2D eigenvalue weighted by molar-refractivity contribution is 7.22. The molecule has 0 atom stereocenters. The van der Waals surface area contributed by atoms with E-state index in [0.717, 1.165) is 27.6 Å². The Hall–Kier alpha value is -1.14. The van der Waals surface area contributed by atoms with Crippen LogP contribution in [-0.2, 0) is 13.1 Å². The molecule has 104 valence electrons. The van der Waals surface area contributed by atoms with Crippen LogP contribution in [0.15, 0.2) is 30.3 Å². The van der Waals surface area contributed by atoms with E-state index in [4.69, 9.17) is 17.3 Å². The highest BCUT2D eigenvalue weighted by Crippen LogP contribution is 2.26. The van der Waals surface area contributed by atoms with E-state index in [9.17, 15) is 0 Å². The summed E-state index contributed by atoms with van der Waals surface area (Å²) in [5.74, 6) is 0. The van der Waals surface area contributed by atoms with Crippen molar-refractivity contribution in [1.29, 1.82) is 0 Å². The predicted octanol–water partition coefficient (Wildman–Crippen LogP) is 4.23. The number of nitrogens with two attached hydrogens (primary N) is 1. The number of thiazole rings is 1. The first kappa shape index (κ1) is 13.8. The molecule has 2 heterocycles. The topological polar surface area (TPSA) is 42.2 Å². The van der Waals surface area contributed by atoms with Gasteiger partial charge in [-0.25, -0.2) is 4.98 Å². The Balaban J connectivity index is 1.71. The van der Waals surface area contributed by atoms with Gasteiger partial charge in [0.05, 0.1) is 14.6 Å². The van der Waals surface area contributed by atoms with Crippen molar-refractivity contribution in [3.63, 3.8) is 0 Å². The zero-order valence-corrected chi connectivity index (χ0v) is 13.4. The summed E-state index contributed by atoms with van der Waals surface area (Å²) in [6, 6.07) is 10.3. The fourth-order valence-corrected chi connectivity index (χ4v) is 4.12. The quantitative estimate of drug-likeness (QED) is 0.781. The van der Waals surface area contributed by atoms with Gasteiger partial charge < -0.3 is 5.73 Å². The van der Waals surface area contributed by atoms with E-state index in [0.29, 0.717) is 5.13 Å². The number of benzene rings is 1. The number of halogens is 1. The van der Waals surface area contributed by atoms with E-state index < -0.39 is 0 Å². The first-order valence-electron chi connectivity index (χ1n) is 6.18. The molecule has 0 bridgehead atoms. The van der Waals surface area contributed by atoms with Gasteiger partial charge in [-0.1, -0.05) is 29.0 Å². The van der Waals surface area contributed by atoms with Gasteiger partial charge in [-0.15, -0.1) is 11.3 Å². The number of nitrogens with zero attached hydrogens (tertiary/aromatic N) is 2. The molecule has 0 spiro atoms. The molecule has 0 aliphatic rings. The molecule has 20 heavy (non-hydrogen) atoms. The minimum Gasteiger partial charge on any atom is -0.375 e. The van der Waals surface area contributed by atoms with Gasteiger partial charge in [-0.05, 0) is 36.9 Å². The van der Waals surface area contributed by atoms with Crippen molar-refractivity contribution in [2.24, 2.45) is 0 Å². The fraction of sp³-hybridized carbons (Fsp3) is 0.214. The van der Waals surface area contributed by atoms with Gasteiger partial charge in [0.1, 0.15) is 0 Å². The van der Waals surface area contributed by atoms with E-state index in [1.807, 2.05) is 12.1 Å². The fourth-order valence-electron chi connectivity index (χ4n) is 2.16. The number of thiophene rings is 1. The summed E-state index contributed by atoms with van der Waals surface area (Å²) in [7, 11) is 2.11. The van der Waals surface area contributed by atoms with Crippen molar-refractivity contribution in [3.8, 4) is 0 Å². The standard InChI is InChI=1S/C14H14ClN3S2/c1-18(8-10-3-5-13(15)19-10)7-9-2-4-11-12(6-9)20-14(16)17-11/h2-6H,7-8H2,1H3,(H2,16,17). The predicted molar refractivity (Wildman–Crippen MR) is 88.5 cm³/mol. The lowest BCUT2D eigenvalue weighted by atomic mass is 10.2. The summed E-state index contributed by atoms with van der Waals surface area (Å²) in [5.41, 5.74) is 7.98. The Labute approximate surface area is 130 Å². The van der Waals surface area contributed by atoms with Crippen LogP contribution in [0, 0.1) is 0 Å². The summed E-state index contributed by atoms with van der Waals surface area (Å²) >= 11 is 9.12. The number of hydrogen-bond donors (Lipinski definition) is 1. The summed E-state index contributed by atoms with van der Waals surface area (Å²) in [6.45, 7) is 1.80. The van der Waals surface area contributed by atoms with Gasteiger partial charge in [0.15, 0.2) is 5.13 Å². The van der Waals surface area contributed by atoms with Crippen LogP contribution in [0.2, 0.25) is 4.34 Å². The maximum atomic E-state index is 5.95. The molecule has 0 aliphatic heterocycles. The highest BCUT2D eigenvalue weighted by Gasteiger charge is 2.06. The second-order valence-corrected chi connectivity index (χ2v) is 7.59. The normalized spacial score (nSPS) is 11.6. The Bertz CT molecular complexity index is 735. The van der Waals surface area contributed by atoms with E-state index in [1.165, 1.54) is 21.8 Å². The summed E-state index contributed by atoms with van der Waals surface area (Å²) in [4.78, 5) is 7.82. The van der Waals surface area contributed by atoms with Crippen molar-refractivity contribution in [1.82, 2.24) is 9.88 Å². The largest absolute Gasteiger partial charge is 0.375 e. The van der Waals surface area contributed by atoms with Gasteiger partial charge >= 0.3 is 0 Å². The second kappa shape index (κ2) is 5.69. The summed E-state index contributed by atoms with van der Waals surface area (Å²) in [6.07, 6.45) is 0. The van der Waals surface area contributed by atoms with Crippen LogP contribution in [0.25, 0.3) is 10.2 Å². The highest BCUT2D eigenvalue weighted by atomic mass is 35.5. The van der Waals surface area contributed by atoms with Gasteiger partial charge in [-0.2, -0.15) is 0 Å². The molecule has 0 unspecified atom stereocenters. The molecular formula is C14H14ClN3S2. The summed E-state index contributed by atoms with van der Waals surface area (Å²) in [5, 5.41) is 0.624. The first-order valence-corrected chi connectivity index (χ1v) is 8.19. The Morgan fingerprint density at radius 1 is 1.20 bits per heavy atom. The number of nitrogen functional groups attached to an aromatic ring is 1. The number of hydrogen-bond acceptors (Lipinski definition) is 5. The molecule has 3 rings (SSSR count). The average molecular weight is 324 g/mol. The lowest BCUT2D eigenvalue weighted by molar-refractivity contribution is 0.322. The molecular weight excluding hydrogens is 310 g/mol. The monoisotopic (exact) mass is 323 g/mol. The Morgan fingerprint density at radius 3 is 2.80 bits per heavy atom. The molecule has 1 aromatic carbocycles. The van der Waals surface area contributed by atoms with Crippen LogP contribution in [0.1, 0.15) is 10.4 Å². The zero-order chi connectivity index (χ0) is 14.1. The molecule has 3 nitrogen and oxygen atoms in total. The third-order valence-electron chi connectivity index (χ3n) is 2.98. The van der Waals surface area contributed by atoms with Gasteiger partial charge in [0.25, 0.3) is 0 Å². The van der Waals surface area contributed by atoms with Crippen LogP contribution in [0.4, 0.5) is 5.13 Å². The molecule has 2 N–H and O–H groups in total. The third-order valence-corrected chi connectivity index (χ3v) is 5.04. The van der Waals surface area contributed by atoms with Crippen molar-refractivity contribution < 1.29 is 0 Å². The molecule has 6 heteroatoms. The van der Waals surface area contributed by atoms with Gasteiger partial charge in [0, 0.05) is 18.0 Å². The molecule has 0 saturated carbocycles. The Morgan fingerprint density at radius 2 is 2.05 bits per heavy atom. The van der Waals surface area contributed by atoms with Crippen LogP contribution < -0.4 is 5.73 Å². The van der Waals surface area contributed by atoms with E-state index >= 15 is 0 Å². The van der Waals surface area contributed by atoms with Crippen molar-refractivity contribution >= 4 is 49.6 Å². The number of rotatable bonds is 4. The summed E-state index contributed by atoms with van der Waals surface area (Å²) < 4.78 is 1.99. The molecule has 0 radical (unpaired) electrons. The third kappa shape index (κ3) is 3.12. The smallest absolute Gasteiger partial charge is 0.181 e. The lowest BCUT2D eigenvalue weighted by Crippen LogP contribution is -2.16. The van der Waals surface area contributed by atoms with Crippen molar-refractivity contribution in [3.05, 3.63) is 45.1 Å². The average Bonchev–Trinajstić information content (AvgIpc) is 2.93. The van der Waals surface area contributed by atoms with E-state index in [-0.39, 0.29) is 0 Å². The van der Waals surface area contributed by atoms with E-state index in [2.05, 4.69) is 35.1 Å². The van der Waals surface area contributed by atoms with E-state index in [1.54, 1.807) is 11.3 Å². The molecule has 0 saturated heterocycles. The lowest BCUT2D eigenvalue weighted by Gasteiger charge is -2.15. The van der Waals surface area contributed by atoms with Crippen LogP contribution in [0.5, 0.6) is 0 Å². The number of fused-ring (bicyclic) bond motifs is 1. The second-order valence-electron chi connectivity index (χ2n) is 4.73. The Kier molecular flexibility index (Phi) is 3.94. The van der Waals surface area contributed by atoms with Crippen molar-refractivity contribution in [2.75, 3.05) is 12.8 Å². The molecule has 3 aromatic rings. The zero-order valence-electron chi connectivity index (χ0n) is 11.0. The van der Waals surface area contributed by atoms with Crippen molar-refractivity contribution in [2.45, 2.75) is 13.1 Å². The number of anilines is 1. The molecule has 0 aliphatic carbocycles. The van der Waals surface area contributed by atoms with Crippen LogP contribution >= 0.6 is 34.3 Å². The molecule has 2 aromatic heterocycles. The number of aromatic nitrogens is 1.